The summed E-state index contributed by atoms with van der Waals surface area (Å²) >= 11 is 0. The summed E-state index contributed by atoms with van der Waals surface area (Å²) in [5, 5.41) is 2.54. The highest BCUT2D eigenvalue weighted by molar-refractivity contribution is 6.06. The number of nitrogens with two attached hydrogens (primary N) is 1. The molecule has 0 aliphatic carbocycles. The standard InChI is InChI=1S/C25H26F4N4O3/c1-14(2)13-33-22(15(11-30)12-31-3)21(17-6-4-5-7-18(17)24(33)35)23(34)32-16-8-9-19(26)20(10-16)36-25(27,28)29/h4-12,14,21-22H,13,30H2,1-3H3,(H,32,34)/t21-,22+/m0/s1. The van der Waals surface area contributed by atoms with Gasteiger partial charge in [0.15, 0.2) is 11.6 Å². The minimum absolute atomic E-state index is 0.0437. The number of aliphatic imine (C=N–C) groups is 1. The molecule has 1 aliphatic rings. The second kappa shape index (κ2) is 10.8. The van der Waals surface area contributed by atoms with Crippen molar-refractivity contribution in [1.29, 1.82) is 0 Å². The molecule has 2 atom stereocenters. The number of amides is 2. The van der Waals surface area contributed by atoms with Gasteiger partial charge in [0, 0.05) is 48.9 Å². The molecule has 0 unspecified atom stereocenters. The van der Waals surface area contributed by atoms with Gasteiger partial charge in [-0.25, -0.2) is 4.39 Å². The molecule has 2 aromatic rings. The van der Waals surface area contributed by atoms with Gasteiger partial charge < -0.3 is 20.7 Å². The van der Waals surface area contributed by atoms with E-state index >= 15 is 0 Å². The van der Waals surface area contributed by atoms with Crippen molar-refractivity contribution >= 4 is 23.7 Å². The summed E-state index contributed by atoms with van der Waals surface area (Å²) in [5.74, 6) is -4.21. The molecule has 0 spiro atoms. The number of hydrogen-bond acceptors (Lipinski definition) is 5. The maximum absolute atomic E-state index is 13.9. The van der Waals surface area contributed by atoms with Gasteiger partial charge in [-0.2, -0.15) is 0 Å². The lowest BCUT2D eigenvalue weighted by atomic mass is 9.79. The van der Waals surface area contributed by atoms with Crippen LogP contribution in [0.1, 0.15) is 35.7 Å². The average Bonchev–Trinajstić information content (AvgIpc) is 2.80. The second-order valence-electron chi connectivity index (χ2n) is 8.60. The molecule has 0 fully saturated rings. The largest absolute Gasteiger partial charge is 0.573 e. The average molecular weight is 507 g/mol. The van der Waals surface area contributed by atoms with Crippen LogP contribution in [0.3, 0.4) is 0 Å². The van der Waals surface area contributed by atoms with Crippen LogP contribution < -0.4 is 15.8 Å². The predicted octanol–water partition coefficient (Wildman–Crippen LogP) is 4.47. The Balaban J connectivity index is 2.10. The van der Waals surface area contributed by atoms with Gasteiger partial charge in [-0.1, -0.05) is 32.0 Å². The molecular weight excluding hydrogens is 480 g/mol. The van der Waals surface area contributed by atoms with Gasteiger partial charge in [0.2, 0.25) is 5.91 Å². The number of fused-ring (bicyclic) bond motifs is 1. The van der Waals surface area contributed by atoms with Crippen LogP contribution >= 0.6 is 0 Å². The highest BCUT2D eigenvalue weighted by Crippen LogP contribution is 2.38. The normalized spacial score (nSPS) is 18.5. The van der Waals surface area contributed by atoms with Gasteiger partial charge in [-0.15, -0.1) is 13.2 Å². The Morgan fingerprint density at radius 2 is 1.94 bits per heavy atom. The number of hydrogen-bond donors (Lipinski definition) is 2. The minimum Gasteiger partial charge on any atom is -0.404 e. The molecule has 0 saturated carbocycles. The first-order chi connectivity index (χ1) is 17.0. The molecule has 2 amide bonds. The molecule has 7 nitrogen and oxygen atoms in total. The zero-order valence-electron chi connectivity index (χ0n) is 19.8. The number of carbonyl (C=O) groups excluding carboxylic acids is 2. The van der Waals surface area contributed by atoms with Crippen molar-refractivity contribution in [2.45, 2.75) is 32.2 Å². The van der Waals surface area contributed by atoms with Crippen LogP contribution in [0.15, 0.2) is 59.2 Å². The Kier molecular flexibility index (Phi) is 8.01. The maximum atomic E-state index is 13.9. The van der Waals surface area contributed by atoms with Crippen LogP contribution in [0.4, 0.5) is 23.2 Å². The number of nitrogens with one attached hydrogen (secondary N) is 1. The van der Waals surface area contributed by atoms with E-state index in [1.807, 2.05) is 13.8 Å². The lowest BCUT2D eigenvalue weighted by Gasteiger charge is -2.42. The number of halogens is 4. The molecule has 0 radical (unpaired) electrons. The van der Waals surface area contributed by atoms with Crippen molar-refractivity contribution in [3.8, 4) is 5.75 Å². The topological polar surface area (TPSA) is 97.0 Å². The van der Waals surface area contributed by atoms with Gasteiger partial charge in [0.1, 0.15) is 0 Å². The Morgan fingerprint density at radius 1 is 1.25 bits per heavy atom. The lowest BCUT2D eigenvalue weighted by molar-refractivity contribution is -0.275. The van der Waals surface area contributed by atoms with Gasteiger partial charge in [0.05, 0.1) is 12.0 Å². The van der Waals surface area contributed by atoms with E-state index in [4.69, 9.17) is 5.73 Å². The van der Waals surface area contributed by atoms with E-state index in [9.17, 15) is 27.2 Å². The maximum Gasteiger partial charge on any atom is 0.573 e. The van der Waals surface area contributed by atoms with Crippen LogP contribution in [0.25, 0.3) is 0 Å². The zero-order chi connectivity index (χ0) is 26.6. The van der Waals surface area contributed by atoms with Gasteiger partial charge >= 0.3 is 6.36 Å². The molecule has 36 heavy (non-hydrogen) atoms. The summed E-state index contributed by atoms with van der Waals surface area (Å²) in [6.45, 7) is 4.14. The first kappa shape index (κ1) is 26.7. The number of nitrogens with zero attached hydrogens (tertiary/aromatic N) is 2. The number of benzene rings is 2. The molecule has 0 aromatic heterocycles. The summed E-state index contributed by atoms with van der Waals surface area (Å²) < 4.78 is 55.6. The molecule has 192 valence electrons. The summed E-state index contributed by atoms with van der Waals surface area (Å²) in [5.41, 5.74) is 6.89. The third-order valence-electron chi connectivity index (χ3n) is 5.52. The lowest BCUT2D eigenvalue weighted by Crippen LogP contribution is -2.53. The van der Waals surface area contributed by atoms with Crippen LogP contribution in [0.2, 0.25) is 0 Å². The predicted molar refractivity (Wildman–Crippen MR) is 127 cm³/mol. The number of rotatable bonds is 7. The monoisotopic (exact) mass is 506 g/mol. The first-order valence-corrected chi connectivity index (χ1v) is 11.1. The quantitative estimate of drug-likeness (QED) is 0.428. The van der Waals surface area contributed by atoms with Gasteiger partial charge in [-0.05, 0) is 29.7 Å². The van der Waals surface area contributed by atoms with Crippen molar-refractivity contribution in [3.63, 3.8) is 0 Å². The molecule has 1 aliphatic heterocycles. The minimum atomic E-state index is -5.12. The van der Waals surface area contributed by atoms with E-state index in [-0.39, 0.29) is 17.5 Å². The van der Waals surface area contributed by atoms with E-state index in [2.05, 4.69) is 15.0 Å². The Hall–Kier alpha value is -3.89. The number of carbonyl (C=O) groups is 2. The molecule has 11 heteroatoms. The Bertz CT molecular complexity index is 1190. The molecule has 3 rings (SSSR count). The third kappa shape index (κ3) is 5.84. The van der Waals surface area contributed by atoms with Crippen molar-refractivity contribution < 1.29 is 31.9 Å². The van der Waals surface area contributed by atoms with Crippen LogP contribution in [0.5, 0.6) is 5.75 Å². The van der Waals surface area contributed by atoms with Crippen LogP contribution in [-0.2, 0) is 4.79 Å². The van der Waals surface area contributed by atoms with Crippen molar-refractivity contribution in [2.75, 3.05) is 18.9 Å². The molecule has 2 aromatic carbocycles. The molecule has 1 heterocycles. The second-order valence-corrected chi connectivity index (χ2v) is 8.60. The Morgan fingerprint density at radius 3 is 2.56 bits per heavy atom. The molecule has 0 saturated heterocycles. The summed E-state index contributed by atoms with van der Waals surface area (Å²) in [6.07, 6.45) is -2.40. The first-order valence-electron chi connectivity index (χ1n) is 11.1. The van der Waals surface area contributed by atoms with Crippen LogP contribution in [-0.4, -0.2) is 48.9 Å². The van der Waals surface area contributed by atoms with Crippen molar-refractivity contribution in [2.24, 2.45) is 16.6 Å². The fourth-order valence-corrected chi connectivity index (χ4v) is 4.21. The summed E-state index contributed by atoms with van der Waals surface area (Å²) in [6, 6.07) is 8.36. The SMILES string of the molecule is CN=CC(=CN)[C@@H]1[C@@H](C(=O)Nc2ccc(F)c(OC(F)(F)F)c2)c2ccccc2C(=O)N1CC(C)C. The van der Waals surface area contributed by atoms with E-state index in [1.165, 1.54) is 19.5 Å². The highest BCUT2D eigenvalue weighted by Gasteiger charge is 2.45. The Labute approximate surface area is 205 Å². The van der Waals surface area contributed by atoms with Crippen LogP contribution in [0, 0.1) is 11.7 Å². The van der Waals surface area contributed by atoms with E-state index < -0.39 is 35.8 Å². The zero-order valence-corrected chi connectivity index (χ0v) is 19.8. The highest BCUT2D eigenvalue weighted by atomic mass is 19.4. The third-order valence-corrected chi connectivity index (χ3v) is 5.52. The smallest absolute Gasteiger partial charge is 0.404 e. The number of ether oxygens (including phenoxy) is 1. The number of anilines is 1. The van der Waals surface area contributed by atoms with E-state index in [0.29, 0.717) is 23.2 Å². The fourth-order valence-electron chi connectivity index (χ4n) is 4.21. The number of alkyl halides is 3. The van der Waals surface area contributed by atoms with Crippen molar-refractivity contribution in [3.05, 3.63) is 71.2 Å². The van der Waals surface area contributed by atoms with Crippen molar-refractivity contribution in [1.82, 2.24) is 4.90 Å². The summed E-state index contributed by atoms with van der Waals surface area (Å²) in [4.78, 5) is 32.7. The molecule has 0 bridgehead atoms. The van der Waals surface area contributed by atoms with Gasteiger partial charge in [-0.3, -0.25) is 14.6 Å². The fraction of sp³-hybridized carbons (Fsp3) is 0.320. The molecular formula is C25H26F4N4O3. The summed E-state index contributed by atoms with van der Waals surface area (Å²) in [7, 11) is 1.52. The van der Waals surface area contributed by atoms with E-state index in [1.54, 1.807) is 29.2 Å². The van der Waals surface area contributed by atoms with E-state index in [0.717, 1.165) is 18.2 Å². The molecule has 3 N–H and O–H groups in total. The van der Waals surface area contributed by atoms with Gasteiger partial charge in [0.25, 0.3) is 5.91 Å².